The SMILES string of the molecule is Cc1n[nH]c(C)c1-c1cnc2ccc(NC(=O)NC3CCCC3)nc2c1. The number of fused-ring (bicyclic) bond motifs is 1. The highest BCUT2D eigenvalue weighted by Crippen LogP contribution is 2.27. The van der Waals surface area contributed by atoms with Crippen LogP contribution in [0, 0.1) is 13.8 Å². The van der Waals surface area contributed by atoms with Gasteiger partial charge >= 0.3 is 6.03 Å². The maximum atomic E-state index is 12.2. The van der Waals surface area contributed by atoms with Crippen molar-refractivity contribution < 1.29 is 4.79 Å². The summed E-state index contributed by atoms with van der Waals surface area (Å²) in [5.74, 6) is 0.521. The molecule has 7 heteroatoms. The third-order valence-electron chi connectivity index (χ3n) is 4.89. The summed E-state index contributed by atoms with van der Waals surface area (Å²) in [6.07, 6.45) is 6.29. The minimum absolute atomic E-state index is 0.200. The van der Waals surface area contributed by atoms with E-state index in [0.717, 1.165) is 46.4 Å². The molecule has 0 bridgehead atoms. The normalized spacial score (nSPS) is 14.7. The number of urea groups is 1. The molecule has 134 valence electrons. The van der Waals surface area contributed by atoms with E-state index in [2.05, 4.69) is 30.8 Å². The number of carbonyl (C=O) groups is 1. The minimum Gasteiger partial charge on any atom is -0.335 e. The van der Waals surface area contributed by atoms with Crippen molar-refractivity contribution in [2.75, 3.05) is 5.32 Å². The number of carbonyl (C=O) groups excluding carboxylic acids is 1. The third-order valence-corrected chi connectivity index (χ3v) is 4.89. The molecule has 0 saturated heterocycles. The highest BCUT2D eigenvalue weighted by molar-refractivity contribution is 5.90. The second kappa shape index (κ2) is 6.74. The summed E-state index contributed by atoms with van der Waals surface area (Å²) in [7, 11) is 0. The monoisotopic (exact) mass is 350 g/mol. The van der Waals surface area contributed by atoms with Crippen LogP contribution in [0.1, 0.15) is 37.1 Å². The Kier molecular flexibility index (Phi) is 4.28. The van der Waals surface area contributed by atoms with E-state index in [1.807, 2.05) is 32.2 Å². The number of nitrogens with zero attached hydrogens (tertiary/aromatic N) is 3. The van der Waals surface area contributed by atoms with Crippen LogP contribution in [0.4, 0.5) is 10.6 Å². The molecule has 0 unspecified atom stereocenters. The molecule has 1 aliphatic rings. The van der Waals surface area contributed by atoms with Crippen LogP contribution < -0.4 is 10.6 Å². The number of nitrogens with one attached hydrogen (secondary N) is 3. The van der Waals surface area contributed by atoms with Crippen molar-refractivity contribution in [1.29, 1.82) is 0 Å². The highest BCUT2D eigenvalue weighted by Gasteiger charge is 2.17. The maximum Gasteiger partial charge on any atom is 0.320 e. The van der Waals surface area contributed by atoms with Crippen LogP contribution in [0.15, 0.2) is 24.4 Å². The predicted molar refractivity (Wildman–Crippen MR) is 101 cm³/mol. The number of amides is 2. The quantitative estimate of drug-likeness (QED) is 0.671. The van der Waals surface area contributed by atoms with Gasteiger partial charge in [-0.3, -0.25) is 15.4 Å². The molecule has 0 atom stereocenters. The van der Waals surface area contributed by atoms with Gasteiger partial charge in [0.05, 0.1) is 16.7 Å². The molecule has 0 radical (unpaired) electrons. The van der Waals surface area contributed by atoms with Gasteiger partial charge in [-0.05, 0) is 44.9 Å². The van der Waals surface area contributed by atoms with Gasteiger partial charge in [0.25, 0.3) is 0 Å². The van der Waals surface area contributed by atoms with E-state index in [4.69, 9.17) is 0 Å². The number of aromatic amines is 1. The lowest BCUT2D eigenvalue weighted by molar-refractivity contribution is 0.248. The summed E-state index contributed by atoms with van der Waals surface area (Å²) in [6, 6.07) is 5.70. The fourth-order valence-electron chi connectivity index (χ4n) is 3.60. The lowest BCUT2D eigenvalue weighted by Crippen LogP contribution is -2.36. The molecular weight excluding hydrogens is 328 g/mol. The largest absolute Gasteiger partial charge is 0.335 e. The van der Waals surface area contributed by atoms with Crippen LogP contribution in [0.25, 0.3) is 22.2 Å². The Labute approximate surface area is 151 Å². The standard InChI is InChI=1S/C19H22N6O/c1-11-18(12(2)25-24-11)13-9-16-15(20-10-13)7-8-17(22-16)23-19(26)21-14-5-3-4-6-14/h7-10,14H,3-6H2,1-2H3,(H,24,25)(H2,21,22,23,26). The summed E-state index contributed by atoms with van der Waals surface area (Å²) in [4.78, 5) is 21.2. The molecule has 0 aromatic carbocycles. The van der Waals surface area contributed by atoms with E-state index in [1.165, 1.54) is 12.8 Å². The molecule has 1 aliphatic carbocycles. The number of aromatic nitrogens is 4. The van der Waals surface area contributed by atoms with Gasteiger partial charge in [-0.2, -0.15) is 5.10 Å². The van der Waals surface area contributed by atoms with Crippen LogP contribution in [-0.2, 0) is 0 Å². The molecule has 3 heterocycles. The van der Waals surface area contributed by atoms with Crippen LogP contribution in [0.2, 0.25) is 0 Å². The number of hydrogen-bond acceptors (Lipinski definition) is 4. The molecule has 2 amide bonds. The Morgan fingerprint density at radius 2 is 2.00 bits per heavy atom. The fourth-order valence-corrected chi connectivity index (χ4v) is 3.60. The second-order valence-electron chi connectivity index (χ2n) is 6.85. The number of anilines is 1. The molecule has 1 saturated carbocycles. The zero-order chi connectivity index (χ0) is 18.1. The second-order valence-corrected chi connectivity index (χ2v) is 6.85. The summed E-state index contributed by atoms with van der Waals surface area (Å²) >= 11 is 0. The van der Waals surface area contributed by atoms with E-state index in [1.54, 1.807) is 6.07 Å². The first kappa shape index (κ1) is 16.5. The van der Waals surface area contributed by atoms with Gasteiger partial charge in [-0.1, -0.05) is 12.8 Å². The summed E-state index contributed by atoms with van der Waals surface area (Å²) in [6.45, 7) is 3.94. The topological polar surface area (TPSA) is 95.6 Å². The van der Waals surface area contributed by atoms with Crippen LogP contribution in [-0.4, -0.2) is 32.2 Å². The smallest absolute Gasteiger partial charge is 0.320 e. The molecule has 26 heavy (non-hydrogen) atoms. The fraction of sp³-hybridized carbons (Fsp3) is 0.368. The molecule has 0 spiro atoms. The zero-order valence-corrected chi connectivity index (χ0v) is 15.0. The average Bonchev–Trinajstić information content (AvgIpc) is 3.24. The van der Waals surface area contributed by atoms with Crippen molar-refractivity contribution in [3.8, 4) is 11.1 Å². The van der Waals surface area contributed by atoms with Gasteiger partial charge in [0, 0.05) is 29.1 Å². The summed E-state index contributed by atoms with van der Waals surface area (Å²) in [5, 5.41) is 13.1. The number of rotatable bonds is 3. The number of aryl methyl sites for hydroxylation is 2. The Balaban J connectivity index is 1.58. The first-order valence-electron chi connectivity index (χ1n) is 8.96. The van der Waals surface area contributed by atoms with E-state index >= 15 is 0 Å². The van der Waals surface area contributed by atoms with E-state index in [0.29, 0.717) is 5.82 Å². The molecule has 4 rings (SSSR count). The zero-order valence-electron chi connectivity index (χ0n) is 15.0. The average molecular weight is 350 g/mol. The molecule has 7 nitrogen and oxygen atoms in total. The molecule has 1 fully saturated rings. The van der Waals surface area contributed by atoms with Gasteiger partial charge in [-0.15, -0.1) is 0 Å². The Hall–Kier alpha value is -2.96. The van der Waals surface area contributed by atoms with Crippen molar-refractivity contribution in [3.63, 3.8) is 0 Å². The Bertz CT molecular complexity index is 938. The van der Waals surface area contributed by atoms with Crippen molar-refractivity contribution in [3.05, 3.63) is 35.8 Å². The van der Waals surface area contributed by atoms with Gasteiger partial charge < -0.3 is 5.32 Å². The van der Waals surface area contributed by atoms with Gasteiger partial charge in [0.2, 0.25) is 0 Å². The Morgan fingerprint density at radius 1 is 1.19 bits per heavy atom. The van der Waals surface area contributed by atoms with E-state index in [-0.39, 0.29) is 12.1 Å². The van der Waals surface area contributed by atoms with Gasteiger partial charge in [0.1, 0.15) is 5.82 Å². The molecule has 3 aromatic heterocycles. The lowest BCUT2D eigenvalue weighted by atomic mass is 10.1. The minimum atomic E-state index is -0.200. The first-order valence-corrected chi connectivity index (χ1v) is 8.96. The molecule has 0 aliphatic heterocycles. The highest BCUT2D eigenvalue weighted by atomic mass is 16.2. The van der Waals surface area contributed by atoms with Crippen molar-refractivity contribution in [1.82, 2.24) is 25.5 Å². The molecule has 3 N–H and O–H groups in total. The maximum absolute atomic E-state index is 12.2. The Morgan fingerprint density at radius 3 is 2.73 bits per heavy atom. The number of pyridine rings is 2. The van der Waals surface area contributed by atoms with Crippen molar-refractivity contribution in [2.45, 2.75) is 45.6 Å². The van der Waals surface area contributed by atoms with E-state index in [9.17, 15) is 4.79 Å². The lowest BCUT2D eigenvalue weighted by Gasteiger charge is -2.12. The van der Waals surface area contributed by atoms with Crippen LogP contribution in [0.3, 0.4) is 0 Å². The first-order chi connectivity index (χ1) is 12.6. The van der Waals surface area contributed by atoms with Crippen LogP contribution >= 0.6 is 0 Å². The van der Waals surface area contributed by atoms with Crippen molar-refractivity contribution >= 4 is 22.9 Å². The van der Waals surface area contributed by atoms with E-state index < -0.39 is 0 Å². The summed E-state index contributed by atoms with van der Waals surface area (Å²) in [5.41, 5.74) is 5.44. The third kappa shape index (κ3) is 3.24. The summed E-state index contributed by atoms with van der Waals surface area (Å²) < 4.78 is 0. The van der Waals surface area contributed by atoms with Crippen LogP contribution in [0.5, 0.6) is 0 Å². The number of hydrogen-bond donors (Lipinski definition) is 3. The van der Waals surface area contributed by atoms with Gasteiger partial charge in [0.15, 0.2) is 0 Å². The number of H-pyrrole nitrogens is 1. The van der Waals surface area contributed by atoms with Crippen molar-refractivity contribution in [2.24, 2.45) is 0 Å². The van der Waals surface area contributed by atoms with Gasteiger partial charge in [-0.25, -0.2) is 9.78 Å². The molecular formula is C19H22N6O. The predicted octanol–water partition coefficient (Wildman–Crippen LogP) is 3.70. The molecule has 3 aromatic rings.